The number of carbonyl (C=O) groups is 1. The second kappa shape index (κ2) is 7.41. The van der Waals surface area contributed by atoms with Crippen LogP contribution in [0.5, 0.6) is 0 Å². The molecular formula is C16H24N2O2. The van der Waals surface area contributed by atoms with Crippen LogP contribution in [0.3, 0.4) is 0 Å². The predicted molar refractivity (Wildman–Crippen MR) is 79.2 cm³/mol. The fourth-order valence-corrected chi connectivity index (χ4v) is 2.37. The zero-order chi connectivity index (χ0) is 14.4. The summed E-state index contributed by atoms with van der Waals surface area (Å²) >= 11 is 0. The van der Waals surface area contributed by atoms with Gasteiger partial charge in [-0.15, -0.1) is 0 Å². The number of ether oxygens (including phenoxy) is 1. The predicted octanol–water partition coefficient (Wildman–Crippen LogP) is 2.32. The van der Waals surface area contributed by atoms with Gasteiger partial charge in [-0.1, -0.05) is 30.3 Å². The van der Waals surface area contributed by atoms with Crippen molar-refractivity contribution in [1.29, 1.82) is 0 Å². The van der Waals surface area contributed by atoms with Crippen LogP contribution in [0.2, 0.25) is 0 Å². The van der Waals surface area contributed by atoms with E-state index in [0.717, 1.165) is 31.6 Å². The summed E-state index contributed by atoms with van der Waals surface area (Å²) in [5.41, 5.74) is 1.04. The smallest absolute Gasteiger partial charge is 0.245 e. The van der Waals surface area contributed by atoms with E-state index in [4.69, 9.17) is 4.74 Å². The average molecular weight is 276 g/mol. The minimum absolute atomic E-state index is 0.178. The number of amides is 1. The number of hydrogen-bond donors (Lipinski definition) is 1. The van der Waals surface area contributed by atoms with Crippen LogP contribution < -0.4 is 5.32 Å². The van der Waals surface area contributed by atoms with Gasteiger partial charge in [-0.2, -0.15) is 0 Å². The highest BCUT2D eigenvalue weighted by Crippen LogP contribution is 2.20. The fraction of sp³-hybridized carbons (Fsp3) is 0.562. The lowest BCUT2D eigenvalue weighted by atomic mass is 10.1. The highest BCUT2D eigenvalue weighted by Gasteiger charge is 2.31. The molecule has 1 fully saturated rings. The van der Waals surface area contributed by atoms with Crippen LogP contribution in [-0.4, -0.2) is 36.7 Å². The SMILES string of the molecule is CC(C)OCCCCN1CNC(c2ccccc2)C1=O. The second-order valence-corrected chi connectivity index (χ2v) is 5.43. The monoisotopic (exact) mass is 276 g/mol. The van der Waals surface area contributed by atoms with Gasteiger partial charge in [-0.05, 0) is 32.3 Å². The third-order valence-electron chi connectivity index (χ3n) is 3.45. The van der Waals surface area contributed by atoms with Crippen LogP contribution >= 0.6 is 0 Å². The number of carbonyl (C=O) groups excluding carboxylic acids is 1. The molecular weight excluding hydrogens is 252 g/mol. The van der Waals surface area contributed by atoms with E-state index in [2.05, 4.69) is 5.32 Å². The Kier molecular flexibility index (Phi) is 5.56. The topological polar surface area (TPSA) is 41.6 Å². The van der Waals surface area contributed by atoms with Crippen molar-refractivity contribution >= 4 is 5.91 Å². The van der Waals surface area contributed by atoms with E-state index >= 15 is 0 Å². The zero-order valence-corrected chi connectivity index (χ0v) is 12.3. The van der Waals surface area contributed by atoms with Gasteiger partial charge >= 0.3 is 0 Å². The Morgan fingerprint density at radius 2 is 2.05 bits per heavy atom. The Morgan fingerprint density at radius 1 is 1.30 bits per heavy atom. The van der Waals surface area contributed by atoms with E-state index in [1.165, 1.54) is 0 Å². The highest BCUT2D eigenvalue weighted by molar-refractivity contribution is 5.85. The molecule has 0 radical (unpaired) electrons. The molecule has 2 rings (SSSR count). The van der Waals surface area contributed by atoms with Gasteiger partial charge in [-0.3, -0.25) is 10.1 Å². The summed E-state index contributed by atoms with van der Waals surface area (Å²) in [4.78, 5) is 14.2. The van der Waals surface area contributed by atoms with Crippen molar-refractivity contribution in [2.24, 2.45) is 0 Å². The summed E-state index contributed by atoms with van der Waals surface area (Å²) in [6.07, 6.45) is 2.27. The van der Waals surface area contributed by atoms with Crippen molar-refractivity contribution in [2.45, 2.75) is 38.8 Å². The van der Waals surface area contributed by atoms with E-state index in [1.807, 2.05) is 49.1 Å². The Balaban J connectivity index is 1.74. The molecule has 1 amide bonds. The van der Waals surface area contributed by atoms with Gasteiger partial charge in [0.25, 0.3) is 0 Å². The minimum Gasteiger partial charge on any atom is -0.379 e. The maximum Gasteiger partial charge on any atom is 0.245 e. The summed E-state index contributed by atoms with van der Waals surface area (Å²) in [5.74, 6) is 0.181. The average Bonchev–Trinajstić information content (AvgIpc) is 2.80. The van der Waals surface area contributed by atoms with Gasteiger partial charge in [0.15, 0.2) is 0 Å². The van der Waals surface area contributed by atoms with Crippen molar-refractivity contribution in [3.63, 3.8) is 0 Å². The van der Waals surface area contributed by atoms with Crippen molar-refractivity contribution in [3.05, 3.63) is 35.9 Å². The van der Waals surface area contributed by atoms with E-state index in [0.29, 0.717) is 6.67 Å². The molecule has 1 aromatic rings. The molecule has 1 unspecified atom stereocenters. The molecule has 4 nitrogen and oxygen atoms in total. The number of hydrogen-bond acceptors (Lipinski definition) is 3. The minimum atomic E-state index is -0.178. The van der Waals surface area contributed by atoms with E-state index < -0.39 is 0 Å². The van der Waals surface area contributed by atoms with Gasteiger partial charge < -0.3 is 9.64 Å². The summed E-state index contributed by atoms with van der Waals surface area (Å²) in [5, 5.41) is 3.28. The van der Waals surface area contributed by atoms with Crippen molar-refractivity contribution in [3.8, 4) is 0 Å². The summed E-state index contributed by atoms with van der Waals surface area (Å²) in [6, 6.07) is 9.72. The molecule has 0 bridgehead atoms. The second-order valence-electron chi connectivity index (χ2n) is 5.43. The highest BCUT2D eigenvalue weighted by atomic mass is 16.5. The lowest BCUT2D eigenvalue weighted by Crippen LogP contribution is -2.28. The molecule has 110 valence electrons. The van der Waals surface area contributed by atoms with Gasteiger partial charge in [0.1, 0.15) is 6.04 Å². The largest absolute Gasteiger partial charge is 0.379 e. The quantitative estimate of drug-likeness (QED) is 0.777. The Bertz CT molecular complexity index is 420. The molecule has 1 heterocycles. The summed E-state index contributed by atoms with van der Waals surface area (Å²) < 4.78 is 5.50. The molecule has 1 N–H and O–H groups in total. The summed E-state index contributed by atoms with van der Waals surface area (Å²) in [6.45, 7) is 6.30. The Hall–Kier alpha value is -1.39. The van der Waals surface area contributed by atoms with Gasteiger partial charge in [-0.25, -0.2) is 0 Å². The normalized spacial score (nSPS) is 19.1. The first-order chi connectivity index (χ1) is 9.68. The third-order valence-corrected chi connectivity index (χ3v) is 3.45. The Labute approximate surface area is 121 Å². The first-order valence-corrected chi connectivity index (χ1v) is 7.37. The van der Waals surface area contributed by atoms with Gasteiger partial charge in [0, 0.05) is 13.2 Å². The molecule has 0 spiro atoms. The van der Waals surface area contributed by atoms with Gasteiger partial charge in [0.2, 0.25) is 5.91 Å². The van der Waals surface area contributed by atoms with Crippen LogP contribution in [0.4, 0.5) is 0 Å². The molecule has 1 aromatic carbocycles. The van der Waals surface area contributed by atoms with E-state index in [9.17, 15) is 4.79 Å². The molecule has 1 saturated heterocycles. The molecule has 4 heteroatoms. The number of unbranched alkanes of at least 4 members (excludes halogenated alkanes) is 1. The Morgan fingerprint density at radius 3 is 2.75 bits per heavy atom. The molecule has 0 aliphatic carbocycles. The fourth-order valence-electron chi connectivity index (χ4n) is 2.37. The summed E-state index contributed by atoms with van der Waals surface area (Å²) in [7, 11) is 0. The number of nitrogens with zero attached hydrogens (tertiary/aromatic N) is 1. The standard InChI is InChI=1S/C16H24N2O2/c1-13(2)20-11-7-6-10-18-12-17-15(16(18)19)14-8-4-3-5-9-14/h3-5,8-9,13,15,17H,6-7,10-12H2,1-2H3. The maximum atomic E-state index is 12.3. The first-order valence-electron chi connectivity index (χ1n) is 7.37. The zero-order valence-electron chi connectivity index (χ0n) is 12.3. The van der Waals surface area contributed by atoms with Crippen molar-refractivity contribution in [2.75, 3.05) is 19.8 Å². The van der Waals surface area contributed by atoms with Crippen LogP contribution in [-0.2, 0) is 9.53 Å². The maximum absolute atomic E-state index is 12.3. The van der Waals surface area contributed by atoms with Crippen LogP contribution in [0.25, 0.3) is 0 Å². The van der Waals surface area contributed by atoms with Crippen LogP contribution in [0, 0.1) is 0 Å². The number of rotatable bonds is 7. The number of benzene rings is 1. The lowest BCUT2D eigenvalue weighted by Gasteiger charge is -2.15. The van der Waals surface area contributed by atoms with Crippen LogP contribution in [0.1, 0.15) is 38.3 Å². The molecule has 1 aliphatic rings. The van der Waals surface area contributed by atoms with E-state index in [1.54, 1.807) is 0 Å². The molecule has 1 atom stereocenters. The molecule has 20 heavy (non-hydrogen) atoms. The molecule has 0 aromatic heterocycles. The van der Waals surface area contributed by atoms with E-state index in [-0.39, 0.29) is 18.1 Å². The molecule has 0 saturated carbocycles. The third kappa shape index (κ3) is 4.05. The molecule has 1 aliphatic heterocycles. The van der Waals surface area contributed by atoms with Crippen molar-refractivity contribution < 1.29 is 9.53 Å². The first kappa shape index (κ1) is 15.0. The lowest BCUT2D eigenvalue weighted by molar-refractivity contribution is -0.129. The van der Waals surface area contributed by atoms with Crippen molar-refractivity contribution in [1.82, 2.24) is 10.2 Å². The number of nitrogens with one attached hydrogen (secondary N) is 1. The van der Waals surface area contributed by atoms with Gasteiger partial charge in [0.05, 0.1) is 12.8 Å². The van der Waals surface area contributed by atoms with Crippen LogP contribution in [0.15, 0.2) is 30.3 Å².